The summed E-state index contributed by atoms with van der Waals surface area (Å²) in [5.74, 6) is 0.901. The molecular weight excluding hydrogens is 258 g/mol. The summed E-state index contributed by atoms with van der Waals surface area (Å²) in [5.41, 5.74) is 3.53. The van der Waals surface area contributed by atoms with E-state index in [1.54, 1.807) is 6.26 Å². The molecule has 0 saturated carbocycles. The van der Waals surface area contributed by atoms with Crippen LogP contribution in [-0.2, 0) is 0 Å². The number of nitrogens with one attached hydrogen (secondary N) is 1. The highest BCUT2D eigenvalue weighted by Crippen LogP contribution is 2.31. The van der Waals surface area contributed by atoms with Gasteiger partial charge in [-0.05, 0) is 61.7 Å². The number of rotatable bonds is 5. The zero-order chi connectivity index (χ0) is 13.8. The van der Waals surface area contributed by atoms with Crippen molar-refractivity contribution in [3.8, 4) is 0 Å². The molecule has 0 aliphatic carbocycles. The summed E-state index contributed by atoms with van der Waals surface area (Å²) in [5, 5.41) is 4.28. The van der Waals surface area contributed by atoms with Crippen LogP contribution in [0.5, 0.6) is 0 Å². The van der Waals surface area contributed by atoms with Gasteiger partial charge in [0.1, 0.15) is 5.76 Å². The van der Waals surface area contributed by atoms with Crippen LogP contribution >= 0.6 is 11.6 Å². The fourth-order valence-corrected chi connectivity index (χ4v) is 2.46. The lowest BCUT2D eigenvalue weighted by molar-refractivity contribution is 0.446. The van der Waals surface area contributed by atoms with Crippen molar-refractivity contribution in [3.63, 3.8) is 0 Å². The Labute approximate surface area is 119 Å². The highest BCUT2D eigenvalue weighted by Gasteiger charge is 2.19. The van der Waals surface area contributed by atoms with E-state index >= 15 is 0 Å². The Hall–Kier alpha value is -1.25. The standard InChI is InChI=1S/C16H20ClNO/c1-4-7-18-16(15-6-5-8-19-15)13-9-11(2)12(3)10-14(13)17/h5-6,8-10,16,18H,4,7H2,1-3H3. The Kier molecular flexibility index (Phi) is 4.67. The third kappa shape index (κ3) is 3.20. The van der Waals surface area contributed by atoms with Gasteiger partial charge in [-0.15, -0.1) is 0 Å². The summed E-state index contributed by atoms with van der Waals surface area (Å²) in [6.07, 6.45) is 2.77. The number of hydrogen-bond donors (Lipinski definition) is 1. The summed E-state index contributed by atoms with van der Waals surface area (Å²) in [6.45, 7) is 7.25. The van der Waals surface area contributed by atoms with Crippen LogP contribution in [0.3, 0.4) is 0 Å². The van der Waals surface area contributed by atoms with Crippen molar-refractivity contribution in [2.45, 2.75) is 33.2 Å². The molecule has 2 aromatic rings. The van der Waals surface area contributed by atoms with Crippen molar-refractivity contribution in [2.24, 2.45) is 0 Å². The molecule has 1 heterocycles. The summed E-state index contributed by atoms with van der Waals surface area (Å²) in [4.78, 5) is 0. The van der Waals surface area contributed by atoms with E-state index in [9.17, 15) is 0 Å². The first-order valence-corrected chi connectivity index (χ1v) is 7.04. The summed E-state index contributed by atoms with van der Waals surface area (Å²) in [6, 6.07) is 8.08. The molecule has 1 aromatic heterocycles. The van der Waals surface area contributed by atoms with Gasteiger partial charge in [-0.3, -0.25) is 0 Å². The van der Waals surface area contributed by atoms with Gasteiger partial charge < -0.3 is 9.73 Å². The molecule has 0 bridgehead atoms. The van der Waals surface area contributed by atoms with Crippen LogP contribution in [0.2, 0.25) is 5.02 Å². The third-order valence-electron chi connectivity index (χ3n) is 3.35. The number of hydrogen-bond acceptors (Lipinski definition) is 2. The third-order valence-corrected chi connectivity index (χ3v) is 3.68. The Morgan fingerprint density at radius 2 is 2.00 bits per heavy atom. The normalized spacial score (nSPS) is 12.6. The first-order chi connectivity index (χ1) is 9.13. The maximum Gasteiger partial charge on any atom is 0.125 e. The van der Waals surface area contributed by atoms with Crippen LogP contribution < -0.4 is 5.32 Å². The van der Waals surface area contributed by atoms with E-state index in [1.165, 1.54) is 11.1 Å². The molecule has 0 fully saturated rings. The van der Waals surface area contributed by atoms with Crippen molar-refractivity contribution in [3.05, 3.63) is 58.0 Å². The predicted octanol–water partition coefficient (Wildman–Crippen LogP) is 4.64. The van der Waals surface area contributed by atoms with Gasteiger partial charge in [-0.1, -0.05) is 24.6 Å². The minimum atomic E-state index is 0.0155. The Bertz CT molecular complexity index is 534. The van der Waals surface area contributed by atoms with Crippen molar-refractivity contribution in [1.29, 1.82) is 0 Å². The van der Waals surface area contributed by atoms with Crippen molar-refractivity contribution >= 4 is 11.6 Å². The fourth-order valence-electron chi connectivity index (χ4n) is 2.13. The number of benzene rings is 1. The van der Waals surface area contributed by atoms with E-state index in [2.05, 4.69) is 32.2 Å². The lowest BCUT2D eigenvalue weighted by Crippen LogP contribution is -2.23. The van der Waals surface area contributed by atoms with Crippen molar-refractivity contribution in [1.82, 2.24) is 5.32 Å². The smallest absolute Gasteiger partial charge is 0.125 e. The van der Waals surface area contributed by atoms with Gasteiger partial charge in [-0.25, -0.2) is 0 Å². The van der Waals surface area contributed by atoms with Gasteiger partial charge in [0.15, 0.2) is 0 Å². The molecule has 2 rings (SSSR count). The first-order valence-electron chi connectivity index (χ1n) is 6.67. The topological polar surface area (TPSA) is 25.2 Å². The Morgan fingerprint density at radius 3 is 2.63 bits per heavy atom. The molecule has 1 aromatic carbocycles. The Balaban J connectivity index is 2.40. The van der Waals surface area contributed by atoms with Gasteiger partial charge in [0.25, 0.3) is 0 Å². The van der Waals surface area contributed by atoms with Crippen molar-refractivity contribution < 1.29 is 4.42 Å². The highest BCUT2D eigenvalue weighted by atomic mass is 35.5. The largest absolute Gasteiger partial charge is 0.467 e. The molecule has 2 nitrogen and oxygen atoms in total. The van der Waals surface area contributed by atoms with E-state index in [1.807, 2.05) is 18.2 Å². The lowest BCUT2D eigenvalue weighted by Gasteiger charge is -2.19. The van der Waals surface area contributed by atoms with Gasteiger partial charge in [-0.2, -0.15) is 0 Å². The fraction of sp³-hybridized carbons (Fsp3) is 0.375. The summed E-state index contributed by atoms with van der Waals surface area (Å²) >= 11 is 6.41. The number of furan rings is 1. The van der Waals surface area contributed by atoms with Gasteiger partial charge >= 0.3 is 0 Å². The molecule has 19 heavy (non-hydrogen) atoms. The minimum Gasteiger partial charge on any atom is -0.467 e. The van der Waals surface area contributed by atoms with Crippen molar-refractivity contribution in [2.75, 3.05) is 6.54 Å². The second kappa shape index (κ2) is 6.27. The lowest BCUT2D eigenvalue weighted by atomic mass is 9.99. The van der Waals surface area contributed by atoms with Crippen LogP contribution in [0.4, 0.5) is 0 Å². The maximum atomic E-state index is 6.41. The van der Waals surface area contributed by atoms with Crippen LogP contribution in [-0.4, -0.2) is 6.54 Å². The molecule has 1 unspecified atom stereocenters. The predicted molar refractivity (Wildman–Crippen MR) is 79.8 cm³/mol. The van der Waals surface area contributed by atoms with Gasteiger partial charge in [0, 0.05) is 5.02 Å². The number of aryl methyl sites for hydroxylation is 2. The molecule has 1 atom stereocenters. The molecule has 3 heteroatoms. The molecule has 0 amide bonds. The average molecular weight is 278 g/mol. The maximum absolute atomic E-state index is 6.41. The van der Waals surface area contributed by atoms with Crippen LogP contribution in [0, 0.1) is 13.8 Å². The number of halogens is 1. The highest BCUT2D eigenvalue weighted by molar-refractivity contribution is 6.31. The quantitative estimate of drug-likeness (QED) is 0.861. The molecule has 0 aliphatic rings. The minimum absolute atomic E-state index is 0.0155. The molecule has 102 valence electrons. The first kappa shape index (κ1) is 14.2. The Morgan fingerprint density at radius 1 is 1.26 bits per heavy atom. The zero-order valence-electron chi connectivity index (χ0n) is 11.7. The summed E-state index contributed by atoms with van der Waals surface area (Å²) < 4.78 is 5.55. The second-order valence-electron chi connectivity index (χ2n) is 4.86. The van der Waals surface area contributed by atoms with E-state index < -0.39 is 0 Å². The van der Waals surface area contributed by atoms with Crippen LogP contribution in [0.25, 0.3) is 0 Å². The molecule has 0 aliphatic heterocycles. The molecule has 0 radical (unpaired) electrons. The second-order valence-corrected chi connectivity index (χ2v) is 5.27. The van der Waals surface area contributed by atoms with Crippen LogP contribution in [0.1, 0.15) is 41.8 Å². The van der Waals surface area contributed by atoms with E-state index in [4.69, 9.17) is 16.0 Å². The molecule has 0 saturated heterocycles. The van der Waals surface area contributed by atoms with E-state index in [0.29, 0.717) is 0 Å². The average Bonchev–Trinajstić information content (AvgIpc) is 2.89. The van der Waals surface area contributed by atoms with Gasteiger partial charge in [0.2, 0.25) is 0 Å². The van der Waals surface area contributed by atoms with Crippen LogP contribution in [0.15, 0.2) is 34.9 Å². The van der Waals surface area contributed by atoms with Gasteiger partial charge in [0.05, 0.1) is 12.3 Å². The van der Waals surface area contributed by atoms with E-state index in [0.717, 1.165) is 29.3 Å². The SMILES string of the molecule is CCCNC(c1ccco1)c1cc(C)c(C)cc1Cl. The molecule has 1 N–H and O–H groups in total. The zero-order valence-corrected chi connectivity index (χ0v) is 12.4. The van der Waals surface area contributed by atoms with E-state index in [-0.39, 0.29) is 6.04 Å². The summed E-state index contributed by atoms with van der Waals surface area (Å²) in [7, 11) is 0. The molecule has 0 spiro atoms. The monoisotopic (exact) mass is 277 g/mol. The molecular formula is C16H20ClNO.